The highest BCUT2D eigenvalue weighted by Crippen LogP contribution is 2.15. The summed E-state index contributed by atoms with van der Waals surface area (Å²) >= 11 is 0. The summed E-state index contributed by atoms with van der Waals surface area (Å²) in [5, 5.41) is 0. The van der Waals surface area contributed by atoms with E-state index in [1.807, 2.05) is 0 Å². The van der Waals surface area contributed by atoms with Crippen LogP contribution in [0, 0.1) is 0 Å². The van der Waals surface area contributed by atoms with Crippen molar-refractivity contribution in [3.05, 3.63) is 97.2 Å². The summed E-state index contributed by atoms with van der Waals surface area (Å²) < 4.78 is 16.8. The molecule has 0 N–H and O–H groups in total. The monoisotopic (exact) mass is 987 g/mol. The van der Waals surface area contributed by atoms with Crippen LogP contribution in [0.5, 0.6) is 0 Å². The molecule has 0 aliphatic rings. The molecular formula is C65H110O6. The third kappa shape index (κ3) is 57.1. The van der Waals surface area contributed by atoms with E-state index in [4.69, 9.17) is 14.2 Å². The quantitative estimate of drug-likeness (QED) is 0.0261. The first-order valence-corrected chi connectivity index (χ1v) is 29.7. The number of hydrogen-bond acceptors (Lipinski definition) is 6. The van der Waals surface area contributed by atoms with Crippen LogP contribution in [-0.4, -0.2) is 37.2 Å². The number of carbonyl (C=O) groups is 3. The molecular weight excluding hydrogens is 877 g/mol. The maximum Gasteiger partial charge on any atom is 0.306 e. The molecule has 0 saturated carbocycles. The number of rotatable bonds is 53. The molecule has 0 amide bonds. The third-order valence-corrected chi connectivity index (χ3v) is 12.6. The Hall–Kier alpha value is -3.67. The highest BCUT2D eigenvalue weighted by molar-refractivity contribution is 5.71. The molecule has 0 saturated heterocycles. The first kappa shape index (κ1) is 67.3. The molecule has 0 aliphatic heterocycles. The van der Waals surface area contributed by atoms with Crippen LogP contribution in [0.1, 0.15) is 278 Å². The average molecular weight is 988 g/mol. The molecule has 0 fully saturated rings. The van der Waals surface area contributed by atoms with Gasteiger partial charge in [-0.1, -0.05) is 259 Å². The van der Waals surface area contributed by atoms with Crippen LogP contribution in [0.3, 0.4) is 0 Å². The predicted molar refractivity (Wildman–Crippen MR) is 307 cm³/mol. The number of unbranched alkanes of at least 4 members (excludes halogenated alkanes) is 26. The van der Waals surface area contributed by atoms with Crippen molar-refractivity contribution in [3.63, 3.8) is 0 Å². The van der Waals surface area contributed by atoms with E-state index in [1.165, 1.54) is 141 Å². The van der Waals surface area contributed by atoms with Crippen molar-refractivity contribution < 1.29 is 28.6 Å². The molecule has 0 aliphatic carbocycles. The van der Waals surface area contributed by atoms with Crippen LogP contribution in [0.15, 0.2) is 97.2 Å². The second kappa shape index (κ2) is 58.9. The number of carbonyl (C=O) groups excluding carboxylic acids is 3. The van der Waals surface area contributed by atoms with E-state index in [2.05, 4.69) is 118 Å². The summed E-state index contributed by atoms with van der Waals surface area (Å²) in [4.78, 5) is 38.1. The van der Waals surface area contributed by atoms with Crippen molar-refractivity contribution in [2.24, 2.45) is 0 Å². The second-order valence-corrected chi connectivity index (χ2v) is 19.5. The molecule has 0 bridgehead atoms. The fourth-order valence-corrected chi connectivity index (χ4v) is 8.13. The Balaban J connectivity index is 4.37. The zero-order chi connectivity index (χ0) is 51.4. The van der Waals surface area contributed by atoms with Crippen molar-refractivity contribution in [2.75, 3.05) is 13.2 Å². The Morgan fingerprint density at radius 3 is 0.930 bits per heavy atom. The smallest absolute Gasteiger partial charge is 0.306 e. The predicted octanol–water partition coefficient (Wildman–Crippen LogP) is 20.1. The van der Waals surface area contributed by atoms with Crippen LogP contribution in [0.25, 0.3) is 0 Å². The van der Waals surface area contributed by atoms with Gasteiger partial charge < -0.3 is 14.2 Å². The molecule has 0 aromatic rings. The van der Waals surface area contributed by atoms with Crippen molar-refractivity contribution in [1.82, 2.24) is 0 Å². The maximum absolute atomic E-state index is 12.9. The summed E-state index contributed by atoms with van der Waals surface area (Å²) in [7, 11) is 0. The molecule has 0 aromatic heterocycles. The molecule has 0 aromatic carbocycles. The van der Waals surface area contributed by atoms with Gasteiger partial charge in [0.25, 0.3) is 0 Å². The lowest BCUT2D eigenvalue weighted by molar-refractivity contribution is -0.167. The van der Waals surface area contributed by atoms with Gasteiger partial charge in [0.05, 0.1) is 0 Å². The molecule has 1 unspecified atom stereocenters. The standard InChI is InChI=1S/C65H110O6/c1-4-7-10-13-16-19-21-23-25-27-29-31-32-34-35-37-39-41-43-46-49-52-55-58-64(67)70-61-62(60-69-63(66)57-54-51-48-45-18-15-12-9-6-3)71-65(68)59-56-53-50-47-44-42-40-38-36-33-30-28-26-24-22-20-17-14-11-8-5-2/h7,10,16,19,23,25,28-31,34-35,39,41,46,49,62H,4-6,8-9,11-15,17-18,20-22,24,26-27,32-33,36-38,40,42-45,47-48,50-61H2,1-3H3/b10-7-,19-16-,25-23-,30-28-,31-29-,35-34-,41-39-,49-46-. The van der Waals surface area contributed by atoms with E-state index in [1.54, 1.807) is 0 Å². The van der Waals surface area contributed by atoms with Crippen LogP contribution < -0.4 is 0 Å². The lowest BCUT2D eigenvalue weighted by Crippen LogP contribution is -2.30. The number of hydrogen-bond donors (Lipinski definition) is 0. The van der Waals surface area contributed by atoms with Gasteiger partial charge in [-0.05, 0) is 96.3 Å². The van der Waals surface area contributed by atoms with E-state index in [0.29, 0.717) is 19.3 Å². The Labute approximate surface area is 438 Å². The van der Waals surface area contributed by atoms with E-state index in [-0.39, 0.29) is 37.5 Å². The molecule has 1 atom stereocenters. The van der Waals surface area contributed by atoms with Gasteiger partial charge in [0.15, 0.2) is 6.10 Å². The Morgan fingerprint density at radius 2 is 0.563 bits per heavy atom. The summed E-state index contributed by atoms with van der Waals surface area (Å²) in [6, 6.07) is 0. The van der Waals surface area contributed by atoms with Gasteiger partial charge >= 0.3 is 17.9 Å². The number of allylic oxidation sites excluding steroid dienone is 16. The Morgan fingerprint density at radius 1 is 0.296 bits per heavy atom. The zero-order valence-electron chi connectivity index (χ0n) is 46.5. The summed E-state index contributed by atoms with van der Waals surface area (Å²) in [5.41, 5.74) is 0. The number of ether oxygens (including phenoxy) is 3. The van der Waals surface area contributed by atoms with Crippen molar-refractivity contribution in [1.29, 1.82) is 0 Å². The van der Waals surface area contributed by atoms with Crippen molar-refractivity contribution in [3.8, 4) is 0 Å². The van der Waals surface area contributed by atoms with Crippen molar-refractivity contribution in [2.45, 2.75) is 284 Å². The van der Waals surface area contributed by atoms with Crippen LogP contribution in [0.2, 0.25) is 0 Å². The largest absolute Gasteiger partial charge is 0.462 e. The normalized spacial score (nSPS) is 12.8. The van der Waals surface area contributed by atoms with Crippen LogP contribution in [0.4, 0.5) is 0 Å². The molecule has 71 heavy (non-hydrogen) atoms. The van der Waals surface area contributed by atoms with Crippen LogP contribution >= 0.6 is 0 Å². The fourth-order valence-electron chi connectivity index (χ4n) is 8.13. The Kier molecular flexibility index (Phi) is 55.9. The van der Waals surface area contributed by atoms with Gasteiger partial charge in [-0.2, -0.15) is 0 Å². The molecule has 0 spiro atoms. The maximum atomic E-state index is 12.9. The minimum atomic E-state index is -0.801. The highest BCUT2D eigenvalue weighted by atomic mass is 16.6. The van der Waals surface area contributed by atoms with E-state index in [0.717, 1.165) is 89.9 Å². The minimum absolute atomic E-state index is 0.0950. The minimum Gasteiger partial charge on any atom is -0.462 e. The lowest BCUT2D eigenvalue weighted by Gasteiger charge is -2.18. The first-order chi connectivity index (χ1) is 35.0. The Bertz CT molecular complexity index is 1410. The highest BCUT2D eigenvalue weighted by Gasteiger charge is 2.19. The molecule has 6 nitrogen and oxygen atoms in total. The van der Waals surface area contributed by atoms with Gasteiger partial charge in [-0.25, -0.2) is 0 Å². The van der Waals surface area contributed by atoms with Gasteiger partial charge in [0.1, 0.15) is 13.2 Å². The average Bonchev–Trinajstić information content (AvgIpc) is 3.37. The fraction of sp³-hybridized carbons (Fsp3) is 0.708. The van der Waals surface area contributed by atoms with Gasteiger partial charge in [0, 0.05) is 19.3 Å². The first-order valence-electron chi connectivity index (χ1n) is 29.7. The van der Waals surface area contributed by atoms with E-state index in [9.17, 15) is 14.4 Å². The van der Waals surface area contributed by atoms with Gasteiger partial charge in [-0.15, -0.1) is 0 Å². The third-order valence-electron chi connectivity index (χ3n) is 12.6. The summed E-state index contributed by atoms with van der Waals surface area (Å²) in [6.07, 6.45) is 78.5. The van der Waals surface area contributed by atoms with Crippen LogP contribution in [-0.2, 0) is 28.6 Å². The molecule has 0 rings (SSSR count). The van der Waals surface area contributed by atoms with E-state index >= 15 is 0 Å². The second-order valence-electron chi connectivity index (χ2n) is 19.5. The number of esters is 3. The summed E-state index contributed by atoms with van der Waals surface area (Å²) in [6.45, 7) is 6.47. The topological polar surface area (TPSA) is 78.9 Å². The molecule has 6 heteroatoms. The summed E-state index contributed by atoms with van der Waals surface area (Å²) in [5.74, 6) is -0.958. The van der Waals surface area contributed by atoms with Gasteiger partial charge in [-0.3, -0.25) is 14.4 Å². The SMILES string of the molecule is CC/C=C\C/C=C\C/C=C\C/C=C\C/C=C\C/C=C\C/C=C\CCCC(=O)OCC(COC(=O)CCCCCCCCCCC)OC(=O)CCCCCCCCCCC/C=C\CCCCCCCCCC. The lowest BCUT2D eigenvalue weighted by atomic mass is 10.1. The van der Waals surface area contributed by atoms with E-state index < -0.39 is 6.10 Å². The molecule has 0 heterocycles. The molecule has 406 valence electrons. The zero-order valence-corrected chi connectivity index (χ0v) is 46.5. The molecule has 0 radical (unpaired) electrons. The van der Waals surface area contributed by atoms with Crippen molar-refractivity contribution >= 4 is 17.9 Å². The van der Waals surface area contributed by atoms with Gasteiger partial charge in [0.2, 0.25) is 0 Å².